The molecule has 44 heavy (non-hydrogen) atoms. The number of ether oxygens (including phenoxy) is 1. The number of carbonyl (C=O) groups is 2. The van der Waals surface area contributed by atoms with Crippen molar-refractivity contribution in [2.45, 2.75) is 62.8 Å². The molecule has 3 aliphatic rings. The van der Waals surface area contributed by atoms with Crippen LogP contribution in [0.1, 0.15) is 79.2 Å². The molecule has 9 heteroatoms. The summed E-state index contributed by atoms with van der Waals surface area (Å²) in [6.45, 7) is 0.522. The number of hydrogen-bond acceptors (Lipinski definition) is 5. The van der Waals surface area contributed by atoms with Crippen LogP contribution in [0.2, 0.25) is 0 Å². The third kappa shape index (κ3) is 5.15. The number of benzene rings is 2. The number of alkyl carbamates (subject to hydrolysis) is 1. The second kappa shape index (κ2) is 11.7. The number of nitrogens with zero attached hydrogens (tertiary/aromatic N) is 3. The highest BCUT2D eigenvalue weighted by Gasteiger charge is 2.43. The maximum Gasteiger partial charge on any atom is 0.407 e. The van der Waals surface area contributed by atoms with Crippen molar-refractivity contribution in [3.8, 4) is 34.2 Å². The lowest BCUT2D eigenvalue weighted by Crippen LogP contribution is -2.40. The highest BCUT2D eigenvalue weighted by molar-refractivity contribution is 5.82. The van der Waals surface area contributed by atoms with E-state index < -0.39 is 6.09 Å². The molecule has 1 unspecified atom stereocenters. The van der Waals surface area contributed by atoms with Crippen molar-refractivity contribution >= 4 is 12.0 Å². The number of hydrogen-bond donors (Lipinski definition) is 3. The molecule has 1 saturated carbocycles. The molecule has 0 radical (unpaired) electrons. The maximum atomic E-state index is 12.8. The molecular weight excluding hydrogens is 552 g/mol. The number of nitrogens with one attached hydrogen (secondary N) is 3. The monoisotopic (exact) mass is 588 g/mol. The fraction of sp³-hybridized carbons (Fsp3) is 0.371. The van der Waals surface area contributed by atoms with Gasteiger partial charge in [-0.05, 0) is 83.7 Å². The normalized spacial score (nSPS) is 18.2. The minimum atomic E-state index is -0.619. The van der Waals surface area contributed by atoms with Crippen LogP contribution in [0.3, 0.4) is 0 Å². The Hall–Kier alpha value is -4.84. The predicted molar refractivity (Wildman–Crippen MR) is 167 cm³/mol. The van der Waals surface area contributed by atoms with Gasteiger partial charge in [-0.2, -0.15) is 0 Å². The second-order valence-corrected chi connectivity index (χ2v) is 12.1. The maximum absolute atomic E-state index is 12.8. The number of amides is 2. The number of rotatable bonds is 5. The number of fused-ring (bicyclic) bond motifs is 2. The molecule has 4 aromatic rings. The number of methoxy groups -OCH3 is 1. The summed E-state index contributed by atoms with van der Waals surface area (Å²) in [7, 11) is 1.28. The van der Waals surface area contributed by atoms with E-state index in [2.05, 4.69) is 78.2 Å². The zero-order valence-electron chi connectivity index (χ0n) is 24.9. The lowest BCUT2D eigenvalue weighted by molar-refractivity contribution is -0.131. The first kappa shape index (κ1) is 28.0. The van der Waals surface area contributed by atoms with E-state index >= 15 is 0 Å². The van der Waals surface area contributed by atoms with Gasteiger partial charge in [-0.15, -0.1) is 0 Å². The van der Waals surface area contributed by atoms with Crippen LogP contribution in [0.25, 0.3) is 22.4 Å². The van der Waals surface area contributed by atoms with Gasteiger partial charge in [-0.25, -0.2) is 14.8 Å². The summed E-state index contributed by atoms with van der Waals surface area (Å²) in [6.07, 6.45) is 13.7. The van der Waals surface area contributed by atoms with Gasteiger partial charge in [-0.3, -0.25) is 4.79 Å². The van der Waals surface area contributed by atoms with Crippen LogP contribution in [0.5, 0.6) is 0 Å². The molecule has 0 bridgehead atoms. The highest BCUT2D eigenvalue weighted by atomic mass is 16.5. The van der Waals surface area contributed by atoms with Gasteiger partial charge in [0.15, 0.2) is 0 Å². The number of imidazole rings is 2. The summed E-state index contributed by atoms with van der Waals surface area (Å²) in [4.78, 5) is 41.3. The Kier molecular flexibility index (Phi) is 7.42. The summed E-state index contributed by atoms with van der Waals surface area (Å²) in [6, 6.07) is 13.1. The van der Waals surface area contributed by atoms with E-state index in [-0.39, 0.29) is 23.9 Å². The number of carbonyl (C=O) groups excluding carboxylic acids is 2. The molecule has 2 fully saturated rings. The van der Waals surface area contributed by atoms with Gasteiger partial charge in [0.1, 0.15) is 18.1 Å². The fourth-order valence-electron chi connectivity index (χ4n) is 7.53. The van der Waals surface area contributed by atoms with E-state index in [1.54, 1.807) is 17.4 Å². The molecule has 2 amide bonds. The molecule has 1 atom stereocenters. The van der Waals surface area contributed by atoms with Crippen LogP contribution < -0.4 is 5.32 Å². The smallest absolute Gasteiger partial charge is 0.407 e. The Bertz CT molecular complexity index is 1740. The van der Waals surface area contributed by atoms with Crippen LogP contribution in [0.4, 0.5) is 4.79 Å². The Morgan fingerprint density at radius 1 is 1.05 bits per heavy atom. The van der Waals surface area contributed by atoms with E-state index in [1.807, 2.05) is 6.20 Å². The van der Waals surface area contributed by atoms with Gasteiger partial charge in [0, 0.05) is 12.1 Å². The molecule has 3 N–H and O–H groups in total. The Labute approximate surface area is 256 Å². The standard InChI is InChI=1S/C35H36N6O3/c1-44-34(43)38-21-31(42)41-18-4-5-30(41)33-37-19-26(40-33)12-10-24-11-13-27(32-28(24)14-17-35(32)15-2-3-16-35)23-6-8-25(9-7-23)29-20-36-22-39-29/h6-9,11,13,19-20,22,30H,2-5,14-18,21H2,1H3,(H,36,39)(H,37,40)(H,38,43). The molecule has 7 rings (SSSR count). The molecule has 3 heterocycles. The van der Waals surface area contributed by atoms with Crippen molar-refractivity contribution < 1.29 is 14.3 Å². The van der Waals surface area contributed by atoms with Crippen LogP contribution in [0.15, 0.2) is 55.1 Å². The molecule has 2 aromatic heterocycles. The third-order valence-corrected chi connectivity index (χ3v) is 9.65. The van der Waals surface area contributed by atoms with Crippen LogP contribution in [-0.4, -0.2) is 57.0 Å². The molecule has 9 nitrogen and oxygen atoms in total. The summed E-state index contributed by atoms with van der Waals surface area (Å²) in [5.41, 5.74) is 9.67. The van der Waals surface area contributed by atoms with Crippen molar-refractivity contribution in [1.29, 1.82) is 0 Å². The quantitative estimate of drug-likeness (QED) is 0.261. The molecule has 1 spiro atoms. The van der Waals surface area contributed by atoms with Crippen LogP contribution in [-0.2, 0) is 21.4 Å². The summed E-state index contributed by atoms with van der Waals surface area (Å²) >= 11 is 0. The summed E-state index contributed by atoms with van der Waals surface area (Å²) in [5, 5.41) is 2.48. The Balaban J connectivity index is 1.15. The minimum Gasteiger partial charge on any atom is -0.453 e. The first-order valence-electron chi connectivity index (χ1n) is 15.5. The van der Waals surface area contributed by atoms with E-state index in [4.69, 9.17) is 0 Å². The topological polar surface area (TPSA) is 116 Å². The molecule has 1 saturated heterocycles. The fourth-order valence-corrected chi connectivity index (χ4v) is 7.53. The van der Waals surface area contributed by atoms with Crippen molar-refractivity contribution in [3.05, 3.63) is 83.3 Å². The van der Waals surface area contributed by atoms with Gasteiger partial charge < -0.3 is 24.9 Å². The van der Waals surface area contributed by atoms with Crippen molar-refractivity contribution in [3.63, 3.8) is 0 Å². The number of H-pyrrole nitrogens is 2. The second-order valence-electron chi connectivity index (χ2n) is 12.1. The van der Waals surface area contributed by atoms with E-state index in [1.165, 1.54) is 61.5 Å². The number of aromatic amines is 2. The highest BCUT2D eigenvalue weighted by Crippen LogP contribution is 2.54. The Morgan fingerprint density at radius 2 is 1.86 bits per heavy atom. The Morgan fingerprint density at radius 3 is 2.64 bits per heavy atom. The van der Waals surface area contributed by atoms with Gasteiger partial charge in [-0.1, -0.05) is 49.1 Å². The largest absolute Gasteiger partial charge is 0.453 e. The van der Waals surface area contributed by atoms with E-state index in [9.17, 15) is 9.59 Å². The van der Waals surface area contributed by atoms with Crippen molar-refractivity contribution in [2.75, 3.05) is 20.2 Å². The van der Waals surface area contributed by atoms with E-state index in [0.29, 0.717) is 6.54 Å². The zero-order valence-corrected chi connectivity index (χ0v) is 24.9. The van der Waals surface area contributed by atoms with Gasteiger partial charge in [0.05, 0.1) is 37.6 Å². The first-order chi connectivity index (χ1) is 21.5. The summed E-state index contributed by atoms with van der Waals surface area (Å²) in [5.74, 6) is 7.38. The van der Waals surface area contributed by atoms with Gasteiger partial charge in [0.25, 0.3) is 0 Å². The molecule has 2 aliphatic carbocycles. The van der Waals surface area contributed by atoms with Crippen LogP contribution in [0, 0.1) is 11.8 Å². The van der Waals surface area contributed by atoms with Gasteiger partial charge >= 0.3 is 6.09 Å². The minimum absolute atomic E-state index is 0.104. The van der Waals surface area contributed by atoms with Crippen LogP contribution >= 0.6 is 0 Å². The lowest BCUT2D eigenvalue weighted by Gasteiger charge is -2.27. The average Bonchev–Trinajstić information content (AvgIpc) is 3.90. The molecule has 1 aliphatic heterocycles. The van der Waals surface area contributed by atoms with E-state index in [0.717, 1.165) is 47.6 Å². The molecule has 2 aromatic carbocycles. The number of likely N-dealkylation sites (tertiary alicyclic amines) is 1. The molecule has 224 valence electrons. The predicted octanol–water partition coefficient (Wildman–Crippen LogP) is 5.64. The third-order valence-electron chi connectivity index (χ3n) is 9.65. The van der Waals surface area contributed by atoms with Crippen molar-refractivity contribution in [1.82, 2.24) is 30.2 Å². The summed E-state index contributed by atoms with van der Waals surface area (Å²) < 4.78 is 4.58. The lowest BCUT2D eigenvalue weighted by atomic mass is 9.76. The average molecular weight is 589 g/mol. The zero-order chi connectivity index (χ0) is 30.1. The molecular formula is C35H36N6O3. The first-order valence-corrected chi connectivity index (χ1v) is 15.5. The SMILES string of the molecule is COC(=O)NCC(=O)N1CCCC1c1ncc(C#Cc2ccc(-c3ccc(-c4cnc[nH]4)cc3)c3c2CCC32CCCC2)[nH]1. The number of aromatic nitrogens is 4. The van der Waals surface area contributed by atoms with Crippen molar-refractivity contribution in [2.24, 2.45) is 0 Å². The van der Waals surface area contributed by atoms with Gasteiger partial charge in [0.2, 0.25) is 5.91 Å².